The van der Waals surface area contributed by atoms with Crippen LogP contribution in [0.3, 0.4) is 0 Å². The quantitative estimate of drug-likeness (QED) is 0.578. The van der Waals surface area contributed by atoms with E-state index in [1.165, 1.54) is 0 Å². The minimum atomic E-state index is -1.87. The summed E-state index contributed by atoms with van der Waals surface area (Å²) in [5.74, 6) is 0. The monoisotopic (exact) mass is 167 g/mol. The van der Waals surface area contributed by atoms with Gasteiger partial charge in [-0.15, -0.1) is 0 Å². The van der Waals surface area contributed by atoms with Crippen LogP contribution in [-0.2, 0) is 4.43 Å². The predicted octanol–water partition coefficient (Wildman–Crippen LogP) is 1.43. The minimum Gasteiger partial charge on any atom is -0.424 e. The summed E-state index contributed by atoms with van der Waals surface area (Å²) in [4.78, 5) is 0. The van der Waals surface area contributed by atoms with Crippen molar-refractivity contribution >= 4 is 18.5 Å². The zero-order valence-corrected chi connectivity index (χ0v) is 7.74. The maximum atomic E-state index is 7.53. The van der Waals surface area contributed by atoms with Gasteiger partial charge in [-0.25, -0.2) is 0 Å². The second-order valence-corrected chi connectivity index (χ2v) is 6.47. The van der Waals surface area contributed by atoms with Gasteiger partial charge in [-0.1, -0.05) is 21.4 Å². The summed E-state index contributed by atoms with van der Waals surface area (Å²) in [6.07, 6.45) is 0. The smallest absolute Gasteiger partial charge is 0.170 e. The van der Waals surface area contributed by atoms with Crippen LogP contribution in [-0.4, -0.2) is 26.8 Å². The molecule has 0 aromatic heterocycles. The summed E-state index contributed by atoms with van der Waals surface area (Å²) in [7, 11) is -0.161. The van der Waals surface area contributed by atoms with Gasteiger partial charge in [0.2, 0.25) is 0 Å². The van der Waals surface area contributed by atoms with E-state index < -0.39 is 8.97 Å². The third-order valence-electron chi connectivity index (χ3n) is 0.951. The summed E-state index contributed by atoms with van der Waals surface area (Å²) in [5, 5.41) is 0. The molecule has 0 aliphatic rings. The molecule has 0 radical (unpaired) electrons. The molecule has 0 N–H and O–H groups in total. The van der Waals surface area contributed by atoms with Crippen molar-refractivity contribution in [3.63, 3.8) is 0 Å². The molecule has 3 heteroatoms. The molecule has 0 saturated carbocycles. The molecule has 0 amide bonds. The number of hydrogen-bond donors (Lipinski definition) is 0. The fourth-order valence-corrected chi connectivity index (χ4v) is 4.09. The van der Waals surface area contributed by atoms with Gasteiger partial charge in [-0.2, -0.15) is 0 Å². The topological polar surface area (TPSA) is 9.23 Å². The Bertz CT molecular complexity index is 68.8. The summed E-state index contributed by atoms with van der Waals surface area (Å²) in [6, 6.07) is 0. The highest BCUT2D eigenvalue weighted by atomic mass is 28.3. The molecule has 1 unspecified atom stereocenters. The molecule has 0 spiro atoms. The van der Waals surface area contributed by atoms with Crippen molar-refractivity contribution in [2.75, 3.05) is 7.11 Å². The molecule has 0 aliphatic carbocycles. The fourth-order valence-electron chi connectivity index (χ4n) is 0.454. The molecule has 1 nitrogen and oxygen atoms in total. The van der Waals surface area contributed by atoms with Gasteiger partial charge < -0.3 is 4.43 Å². The zero-order chi connectivity index (χ0) is 6.62. The molecule has 0 fully saturated rings. The van der Waals surface area contributed by atoms with Crippen molar-refractivity contribution in [1.82, 2.24) is 0 Å². The SMILES string of the molecule is C.C.[2H][Si](C)(C[SiH2]C)OC. The molecule has 9 heavy (non-hydrogen) atoms. The molecule has 0 aromatic carbocycles. The van der Waals surface area contributed by atoms with E-state index in [1.807, 2.05) is 6.55 Å². The largest absolute Gasteiger partial charge is 0.424 e. The first-order valence-corrected chi connectivity index (χ1v) is 7.20. The van der Waals surface area contributed by atoms with Crippen molar-refractivity contribution in [2.45, 2.75) is 33.6 Å². The van der Waals surface area contributed by atoms with Crippen LogP contribution < -0.4 is 0 Å². The van der Waals surface area contributed by atoms with Gasteiger partial charge in [-0.05, 0) is 12.2 Å². The molecule has 0 saturated heterocycles. The van der Waals surface area contributed by atoms with Crippen LogP contribution in [0.15, 0.2) is 0 Å². The Morgan fingerprint density at radius 1 is 1.67 bits per heavy atom. The van der Waals surface area contributed by atoms with Crippen LogP contribution in [0.5, 0.6) is 0 Å². The third kappa shape index (κ3) is 11.8. The summed E-state index contributed by atoms with van der Waals surface area (Å²) >= 11 is 0. The van der Waals surface area contributed by atoms with E-state index in [9.17, 15) is 0 Å². The molecule has 0 aromatic rings. The van der Waals surface area contributed by atoms with Gasteiger partial charge in [0.05, 0.1) is 0 Å². The van der Waals surface area contributed by atoms with E-state index in [0.717, 1.165) is 5.67 Å². The second-order valence-electron chi connectivity index (χ2n) is 1.66. The van der Waals surface area contributed by atoms with Gasteiger partial charge in [0.1, 0.15) is 0 Å². The number of rotatable bonds is 3. The van der Waals surface area contributed by atoms with Crippen LogP contribution in [0, 0.1) is 0 Å². The third-order valence-corrected chi connectivity index (χ3v) is 6.46. The Morgan fingerprint density at radius 2 is 2.11 bits per heavy atom. The van der Waals surface area contributed by atoms with E-state index in [-0.39, 0.29) is 24.4 Å². The van der Waals surface area contributed by atoms with Crippen molar-refractivity contribution in [3.8, 4) is 0 Å². The molecule has 0 heterocycles. The highest BCUT2D eigenvalue weighted by Crippen LogP contribution is 1.87. The zero-order valence-electron chi connectivity index (χ0n) is 6.32. The van der Waals surface area contributed by atoms with E-state index >= 15 is 0 Å². The number of hydrogen-bond acceptors (Lipinski definition) is 1. The lowest BCUT2D eigenvalue weighted by Crippen LogP contribution is -2.11. The summed E-state index contributed by atoms with van der Waals surface area (Å²) in [6.45, 7) is 4.17. The van der Waals surface area contributed by atoms with Gasteiger partial charge in [0.25, 0.3) is 0 Å². The Hall–Kier alpha value is 0.394. The lowest BCUT2D eigenvalue weighted by molar-refractivity contribution is 0.428. The van der Waals surface area contributed by atoms with E-state index in [0.29, 0.717) is 0 Å². The summed E-state index contributed by atoms with van der Waals surface area (Å²) in [5.41, 5.74) is 1.09. The maximum absolute atomic E-state index is 7.53. The van der Waals surface area contributed by atoms with Gasteiger partial charge in [-0.3, -0.25) is 0 Å². The minimum absolute atomic E-state index is 0. The van der Waals surface area contributed by atoms with Gasteiger partial charge in [0, 0.05) is 17.9 Å². The second kappa shape index (κ2) is 11.2. The average molecular weight is 167 g/mol. The lowest BCUT2D eigenvalue weighted by atomic mass is 11.8. The molecular weight excluding hydrogens is 144 g/mol. The first kappa shape index (κ1) is 12.1. The predicted molar refractivity (Wildman–Crippen MR) is 52.7 cm³/mol. The molecule has 0 bridgehead atoms. The Labute approximate surface area is 65.6 Å². The van der Waals surface area contributed by atoms with E-state index in [2.05, 4.69) is 6.55 Å². The van der Waals surface area contributed by atoms with E-state index in [4.69, 9.17) is 5.66 Å². The molecule has 1 atom stereocenters. The molecular formula is C6H22OSi2. The molecule has 60 valence electrons. The standard InChI is InChI=1S/C4H14OSi2.2CH4/c1-5-7(3)4-6-2;;/h7H,4,6H2,1-3H3;2*1H4/i7D;;. The van der Waals surface area contributed by atoms with E-state index in [1.54, 1.807) is 7.11 Å². The Kier molecular flexibility index (Phi) is 15.1. The van der Waals surface area contributed by atoms with Crippen LogP contribution in [0.25, 0.3) is 0 Å². The normalized spacial score (nSPS) is 17.4. The van der Waals surface area contributed by atoms with Crippen LogP contribution in [0.2, 0.25) is 18.8 Å². The first-order valence-electron chi connectivity index (χ1n) is 3.17. The van der Waals surface area contributed by atoms with Crippen molar-refractivity contribution in [2.24, 2.45) is 0 Å². The van der Waals surface area contributed by atoms with Crippen LogP contribution >= 0.6 is 0 Å². The maximum Gasteiger partial charge on any atom is 0.170 e. The highest BCUT2D eigenvalue weighted by Gasteiger charge is 1.96. The summed E-state index contributed by atoms with van der Waals surface area (Å²) < 4.78 is 12.5. The lowest BCUT2D eigenvalue weighted by Gasteiger charge is -2.01. The van der Waals surface area contributed by atoms with Crippen molar-refractivity contribution in [3.05, 3.63) is 0 Å². The van der Waals surface area contributed by atoms with Crippen molar-refractivity contribution < 1.29 is 4.43 Å². The van der Waals surface area contributed by atoms with Crippen molar-refractivity contribution in [1.29, 1.82) is 1.23 Å². The highest BCUT2D eigenvalue weighted by molar-refractivity contribution is 6.63. The Morgan fingerprint density at radius 3 is 2.22 bits per heavy atom. The van der Waals surface area contributed by atoms with Gasteiger partial charge in [0.15, 0.2) is 8.97 Å². The van der Waals surface area contributed by atoms with Gasteiger partial charge >= 0.3 is 0 Å². The van der Waals surface area contributed by atoms with Crippen LogP contribution in [0.1, 0.15) is 14.9 Å². The first-order chi connectivity index (χ1) is 3.62. The molecule has 0 aliphatic heterocycles. The molecule has 0 rings (SSSR count). The fraction of sp³-hybridized carbons (Fsp3) is 1.00. The average Bonchev–Trinajstić information content (AvgIpc) is 1.67. The Balaban J connectivity index is -0.000000245. The van der Waals surface area contributed by atoms with Crippen LogP contribution in [0.4, 0.5) is 0 Å².